The second kappa shape index (κ2) is 7.11. The van der Waals surface area contributed by atoms with E-state index in [-0.39, 0.29) is 18.0 Å². The molecule has 1 amide bonds. The van der Waals surface area contributed by atoms with Gasteiger partial charge in [0, 0.05) is 12.5 Å². The number of non-ortho nitro benzene ring substituents is 1. The maximum Gasteiger partial charge on any atom is 0.305 e. The Bertz CT molecular complexity index is 628. The van der Waals surface area contributed by atoms with Gasteiger partial charge in [0.05, 0.1) is 15.9 Å². The highest BCUT2D eigenvalue weighted by Gasteiger charge is 2.21. The van der Waals surface area contributed by atoms with Gasteiger partial charge in [-0.1, -0.05) is 13.8 Å². The van der Waals surface area contributed by atoms with E-state index in [1.54, 1.807) is 13.8 Å². The molecule has 0 bridgehead atoms. The normalized spacial score (nSPS) is 10.1. The number of Topliss-reactive ketones (excluding diaryl/α,β-unsaturated/α-hetero) is 1. The van der Waals surface area contributed by atoms with Crippen molar-refractivity contribution >= 4 is 28.8 Å². The number of ketones is 1. The van der Waals surface area contributed by atoms with Crippen molar-refractivity contribution in [3.8, 4) is 0 Å². The Labute approximate surface area is 124 Å². The van der Waals surface area contributed by atoms with Crippen LogP contribution in [0.1, 0.15) is 20.3 Å². The number of benzene rings is 1. The number of carbonyl (C=O) groups excluding carboxylic acids is 2. The van der Waals surface area contributed by atoms with Crippen molar-refractivity contribution in [2.75, 3.05) is 5.43 Å². The average molecular weight is 310 g/mol. The summed E-state index contributed by atoms with van der Waals surface area (Å²) in [6.07, 6.45) is 0.0376. The van der Waals surface area contributed by atoms with E-state index in [4.69, 9.17) is 0 Å². The van der Waals surface area contributed by atoms with Crippen LogP contribution < -0.4 is 10.9 Å². The van der Waals surface area contributed by atoms with Crippen LogP contribution in [0.15, 0.2) is 18.2 Å². The van der Waals surface area contributed by atoms with Gasteiger partial charge >= 0.3 is 11.6 Å². The molecule has 0 atom stereocenters. The molecule has 0 heterocycles. The second-order valence-corrected chi connectivity index (χ2v) is 4.82. The predicted molar refractivity (Wildman–Crippen MR) is 76.0 cm³/mol. The number of rotatable bonds is 7. The standard InChI is InChI=1S/C12H14N4O6/c1-7(2)5-11(17)12(18)14-13-9-4-3-8(15(19)20)6-10(9)16(21)22/h3-4,6-7,13H,5H2,1-2H3,(H,14,18). The summed E-state index contributed by atoms with van der Waals surface area (Å²) in [7, 11) is 0. The number of hydrogen-bond acceptors (Lipinski definition) is 7. The molecule has 2 N–H and O–H groups in total. The smallest absolute Gasteiger partial charge is 0.292 e. The lowest BCUT2D eigenvalue weighted by Crippen LogP contribution is -2.36. The highest BCUT2D eigenvalue weighted by molar-refractivity contribution is 6.36. The van der Waals surface area contributed by atoms with E-state index in [2.05, 4.69) is 5.43 Å². The summed E-state index contributed by atoms with van der Waals surface area (Å²) in [5.74, 6) is -1.62. The van der Waals surface area contributed by atoms with Crippen molar-refractivity contribution in [1.82, 2.24) is 5.43 Å². The maximum atomic E-state index is 11.5. The monoisotopic (exact) mass is 310 g/mol. The van der Waals surface area contributed by atoms with Crippen LogP contribution >= 0.6 is 0 Å². The van der Waals surface area contributed by atoms with Crippen LogP contribution in [0.4, 0.5) is 17.1 Å². The Kier molecular flexibility index (Phi) is 5.50. The van der Waals surface area contributed by atoms with Crippen LogP contribution in [0.5, 0.6) is 0 Å². The highest BCUT2D eigenvalue weighted by Crippen LogP contribution is 2.28. The van der Waals surface area contributed by atoms with Gasteiger partial charge in [-0.25, -0.2) is 0 Å². The number of hydrazine groups is 1. The lowest BCUT2D eigenvalue weighted by molar-refractivity contribution is -0.393. The minimum absolute atomic E-state index is 0.00744. The lowest BCUT2D eigenvalue weighted by atomic mass is 10.1. The van der Waals surface area contributed by atoms with Gasteiger partial charge in [-0.05, 0) is 12.0 Å². The van der Waals surface area contributed by atoms with Crippen LogP contribution in [-0.2, 0) is 9.59 Å². The summed E-state index contributed by atoms with van der Waals surface area (Å²) < 4.78 is 0. The maximum absolute atomic E-state index is 11.5. The zero-order valence-electron chi connectivity index (χ0n) is 11.9. The molecule has 0 aliphatic carbocycles. The molecule has 1 aromatic rings. The number of nitrogens with one attached hydrogen (secondary N) is 2. The van der Waals surface area contributed by atoms with Crippen molar-refractivity contribution in [3.05, 3.63) is 38.4 Å². The van der Waals surface area contributed by atoms with Crippen molar-refractivity contribution in [2.45, 2.75) is 20.3 Å². The molecular weight excluding hydrogens is 296 g/mol. The molecule has 0 radical (unpaired) electrons. The van der Waals surface area contributed by atoms with E-state index >= 15 is 0 Å². The van der Waals surface area contributed by atoms with Crippen LogP contribution in [0.3, 0.4) is 0 Å². The number of nitrogens with zero attached hydrogens (tertiary/aromatic N) is 2. The van der Waals surface area contributed by atoms with Gasteiger partial charge in [-0.15, -0.1) is 0 Å². The molecular formula is C12H14N4O6. The number of carbonyl (C=O) groups is 2. The quantitative estimate of drug-likeness (QED) is 0.441. The molecule has 118 valence electrons. The Morgan fingerprint density at radius 3 is 2.32 bits per heavy atom. The summed E-state index contributed by atoms with van der Waals surface area (Å²) in [6, 6.07) is 2.87. The first-order valence-electron chi connectivity index (χ1n) is 6.24. The Hall–Kier alpha value is -3.04. The number of anilines is 1. The first-order valence-corrected chi connectivity index (χ1v) is 6.24. The van der Waals surface area contributed by atoms with E-state index in [9.17, 15) is 29.8 Å². The Morgan fingerprint density at radius 1 is 1.18 bits per heavy atom. The number of nitro benzene ring substituents is 2. The third-order valence-corrected chi connectivity index (χ3v) is 2.55. The van der Waals surface area contributed by atoms with Crippen molar-refractivity contribution in [2.24, 2.45) is 5.92 Å². The van der Waals surface area contributed by atoms with Crippen molar-refractivity contribution in [1.29, 1.82) is 0 Å². The lowest BCUT2D eigenvalue weighted by Gasteiger charge is -2.09. The predicted octanol–water partition coefficient (Wildman–Crippen LogP) is 1.56. The first kappa shape index (κ1) is 17.0. The summed E-state index contributed by atoms with van der Waals surface area (Å²) in [4.78, 5) is 42.8. The second-order valence-electron chi connectivity index (χ2n) is 4.82. The fourth-order valence-electron chi connectivity index (χ4n) is 1.55. The molecule has 10 heteroatoms. The third-order valence-electron chi connectivity index (χ3n) is 2.55. The van der Waals surface area contributed by atoms with Crippen molar-refractivity contribution < 1.29 is 19.4 Å². The molecule has 0 aromatic heterocycles. The molecule has 0 aliphatic rings. The van der Waals surface area contributed by atoms with E-state index in [0.29, 0.717) is 0 Å². The van der Waals surface area contributed by atoms with Crippen molar-refractivity contribution in [3.63, 3.8) is 0 Å². The van der Waals surface area contributed by atoms with Gasteiger partial charge in [0.25, 0.3) is 5.69 Å². The summed E-state index contributed by atoms with van der Waals surface area (Å²) >= 11 is 0. The molecule has 0 aliphatic heterocycles. The summed E-state index contributed by atoms with van der Waals surface area (Å²) in [5.41, 5.74) is 3.05. The molecule has 1 rings (SSSR count). The molecule has 1 aromatic carbocycles. The minimum Gasteiger partial charge on any atom is -0.292 e. The van der Waals surface area contributed by atoms with Gasteiger partial charge in [0.1, 0.15) is 5.69 Å². The molecule has 0 fully saturated rings. The summed E-state index contributed by atoms with van der Waals surface area (Å²) in [6.45, 7) is 3.53. The highest BCUT2D eigenvalue weighted by atomic mass is 16.6. The van der Waals surface area contributed by atoms with Gasteiger partial charge in [0.2, 0.25) is 5.78 Å². The average Bonchev–Trinajstić information content (AvgIpc) is 2.43. The number of nitro groups is 2. The topological polar surface area (TPSA) is 144 Å². The zero-order chi connectivity index (χ0) is 16.9. The molecule has 0 spiro atoms. The fourth-order valence-corrected chi connectivity index (χ4v) is 1.55. The Morgan fingerprint density at radius 2 is 1.82 bits per heavy atom. The minimum atomic E-state index is -0.943. The van der Waals surface area contributed by atoms with E-state index < -0.39 is 32.9 Å². The molecule has 10 nitrogen and oxygen atoms in total. The van der Waals surface area contributed by atoms with Gasteiger partial charge in [-0.2, -0.15) is 0 Å². The van der Waals surface area contributed by atoms with E-state index in [1.165, 1.54) is 0 Å². The van der Waals surface area contributed by atoms with Crippen LogP contribution in [-0.4, -0.2) is 21.5 Å². The number of amides is 1. The van der Waals surface area contributed by atoms with Gasteiger partial charge in [-0.3, -0.25) is 40.7 Å². The fraction of sp³-hybridized carbons (Fsp3) is 0.333. The summed E-state index contributed by atoms with van der Waals surface area (Å²) in [5, 5.41) is 21.5. The molecule has 0 saturated carbocycles. The molecule has 22 heavy (non-hydrogen) atoms. The van der Waals surface area contributed by atoms with Crippen LogP contribution in [0.25, 0.3) is 0 Å². The van der Waals surface area contributed by atoms with E-state index in [0.717, 1.165) is 18.2 Å². The SMILES string of the molecule is CC(C)CC(=O)C(=O)NNc1ccc([N+](=O)[O-])cc1[N+](=O)[O-]. The Balaban J connectivity index is 2.85. The largest absolute Gasteiger partial charge is 0.305 e. The zero-order valence-corrected chi connectivity index (χ0v) is 11.9. The van der Waals surface area contributed by atoms with Crippen LogP contribution in [0, 0.1) is 26.1 Å². The van der Waals surface area contributed by atoms with Gasteiger partial charge < -0.3 is 0 Å². The first-order chi connectivity index (χ1) is 10.2. The number of hydrogen-bond donors (Lipinski definition) is 2. The van der Waals surface area contributed by atoms with Crippen LogP contribution in [0.2, 0.25) is 0 Å². The van der Waals surface area contributed by atoms with Gasteiger partial charge in [0.15, 0.2) is 0 Å². The van der Waals surface area contributed by atoms with E-state index in [1.807, 2.05) is 5.43 Å². The molecule has 0 saturated heterocycles. The molecule has 0 unspecified atom stereocenters. The third kappa shape index (κ3) is 4.51.